The van der Waals surface area contributed by atoms with Gasteiger partial charge >= 0.3 is 17.9 Å². The smallest absolute Gasteiger partial charge is 0.328 e. The van der Waals surface area contributed by atoms with Gasteiger partial charge in [0.15, 0.2) is 0 Å². The number of rotatable bonds is 12. The molecule has 0 aliphatic heterocycles. The van der Waals surface area contributed by atoms with Crippen molar-refractivity contribution in [3.8, 4) is 5.75 Å². The Labute approximate surface area is 212 Å². The zero-order chi connectivity index (χ0) is 26.7. The predicted octanol–water partition coefficient (Wildman–Crippen LogP) is 3.75. The van der Waals surface area contributed by atoms with Gasteiger partial charge in [-0.05, 0) is 47.6 Å². The van der Waals surface area contributed by atoms with Gasteiger partial charge < -0.3 is 19.5 Å². The minimum absolute atomic E-state index is 0.225. The van der Waals surface area contributed by atoms with Gasteiger partial charge in [0.25, 0.3) is 0 Å². The van der Waals surface area contributed by atoms with Gasteiger partial charge in [-0.3, -0.25) is 14.4 Å². The van der Waals surface area contributed by atoms with Crippen LogP contribution in [0.3, 0.4) is 0 Å². The molecule has 8 heteroatoms. The van der Waals surface area contributed by atoms with Crippen LogP contribution in [0.4, 0.5) is 0 Å². The Bertz CT molecular complexity index is 1030. The molecule has 1 N–H and O–H groups in total. The first-order valence-corrected chi connectivity index (χ1v) is 11.9. The van der Waals surface area contributed by atoms with Crippen LogP contribution in [-0.2, 0) is 41.5 Å². The number of aryl methyl sites for hydroxylation is 1. The first-order chi connectivity index (χ1) is 17.1. The van der Waals surface area contributed by atoms with Crippen molar-refractivity contribution >= 4 is 23.8 Å². The normalized spacial score (nSPS) is 12.4. The van der Waals surface area contributed by atoms with E-state index in [2.05, 4.69) is 10.1 Å². The molecular formula is C28H35NO7. The van der Waals surface area contributed by atoms with Crippen molar-refractivity contribution < 1.29 is 33.4 Å². The van der Waals surface area contributed by atoms with Crippen molar-refractivity contribution in [3.63, 3.8) is 0 Å². The fourth-order valence-corrected chi connectivity index (χ4v) is 3.83. The van der Waals surface area contributed by atoms with E-state index in [1.54, 1.807) is 24.3 Å². The third-order valence-corrected chi connectivity index (χ3v) is 5.68. The van der Waals surface area contributed by atoms with Crippen molar-refractivity contribution in [1.29, 1.82) is 0 Å². The molecule has 0 aliphatic carbocycles. The van der Waals surface area contributed by atoms with E-state index in [-0.39, 0.29) is 30.6 Å². The third-order valence-electron chi connectivity index (χ3n) is 5.68. The highest BCUT2D eigenvalue weighted by Crippen LogP contribution is 2.26. The Morgan fingerprint density at radius 2 is 1.47 bits per heavy atom. The van der Waals surface area contributed by atoms with Crippen LogP contribution in [0.15, 0.2) is 48.5 Å². The van der Waals surface area contributed by atoms with Crippen molar-refractivity contribution in [2.75, 3.05) is 14.2 Å². The van der Waals surface area contributed by atoms with Crippen LogP contribution < -0.4 is 10.1 Å². The average Bonchev–Trinajstić information content (AvgIpc) is 2.85. The molecule has 0 aliphatic rings. The molecule has 0 radical (unpaired) electrons. The maximum absolute atomic E-state index is 13.3. The molecule has 1 amide bonds. The summed E-state index contributed by atoms with van der Waals surface area (Å²) in [4.78, 5) is 48.4. The second-order valence-corrected chi connectivity index (χ2v) is 9.03. The summed E-state index contributed by atoms with van der Waals surface area (Å²) in [6.07, 6.45) is 1.67. The number of methoxy groups -OCH3 is 2. The molecule has 2 atom stereocenters. The van der Waals surface area contributed by atoms with E-state index >= 15 is 0 Å². The number of carbonyl (C=O) groups is 4. The summed E-state index contributed by atoms with van der Waals surface area (Å²) < 4.78 is 14.7. The summed E-state index contributed by atoms with van der Waals surface area (Å²) in [6, 6.07) is 13.5. The van der Waals surface area contributed by atoms with Crippen LogP contribution >= 0.6 is 0 Å². The van der Waals surface area contributed by atoms with Crippen LogP contribution in [0.2, 0.25) is 0 Å². The van der Waals surface area contributed by atoms with Crippen LogP contribution in [0, 0.1) is 5.92 Å². The van der Waals surface area contributed by atoms with Gasteiger partial charge in [0.2, 0.25) is 5.91 Å². The molecule has 194 valence electrons. The highest BCUT2D eigenvalue weighted by Gasteiger charge is 2.28. The summed E-state index contributed by atoms with van der Waals surface area (Å²) in [5.41, 5.74) is 2.58. The summed E-state index contributed by atoms with van der Waals surface area (Å²) in [5.74, 6) is -1.38. The Hall–Kier alpha value is -3.68. The molecule has 2 aromatic carbocycles. The van der Waals surface area contributed by atoms with Gasteiger partial charge in [-0.25, -0.2) is 4.79 Å². The van der Waals surface area contributed by atoms with Crippen LogP contribution in [0.5, 0.6) is 5.75 Å². The number of hydrogen-bond acceptors (Lipinski definition) is 7. The quantitative estimate of drug-likeness (QED) is 0.351. The number of hydrogen-bond donors (Lipinski definition) is 1. The largest absolute Gasteiger partial charge is 0.469 e. The summed E-state index contributed by atoms with van der Waals surface area (Å²) in [7, 11) is 2.65. The molecule has 2 rings (SSSR count). The van der Waals surface area contributed by atoms with E-state index in [4.69, 9.17) is 9.47 Å². The molecule has 0 saturated heterocycles. The molecule has 1 unspecified atom stereocenters. The first kappa shape index (κ1) is 28.6. The molecule has 0 saturated carbocycles. The highest BCUT2D eigenvalue weighted by atomic mass is 16.5. The zero-order valence-corrected chi connectivity index (χ0v) is 21.5. The maximum Gasteiger partial charge on any atom is 0.328 e. The molecule has 2 aromatic rings. The van der Waals surface area contributed by atoms with Gasteiger partial charge in [-0.1, -0.05) is 50.2 Å². The zero-order valence-electron chi connectivity index (χ0n) is 21.5. The molecule has 8 nitrogen and oxygen atoms in total. The molecule has 0 aromatic heterocycles. The highest BCUT2D eigenvalue weighted by molar-refractivity contribution is 5.88. The number of benzene rings is 2. The molecular weight excluding hydrogens is 462 g/mol. The second kappa shape index (κ2) is 14.0. The van der Waals surface area contributed by atoms with E-state index in [9.17, 15) is 19.2 Å². The molecule has 0 spiro atoms. The number of ether oxygens (including phenoxy) is 3. The van der Waals surface area contributed by atoms with E-state index < -0.39 is 23.9 Å². The first-order valence-electron chi connectivity index (χ1n) is 11.9. The van der Waals surface area contributed by atoms with Crippen LogP contribution in [0.25, 0.3) is 0 Å². The molecule has 0 heterocycles. The second-order valence-electron chi connectivity index (χ2n) is 9.03. The lowest BCUT2D eigenvalue weighted by atomic mass is 9.89. The van der Waals surface area contributed by atoms with Crippen molar-refractivity contribution in [2.24, 2.45) is 5.92 Å². The van der Waals surface area contributed by atoms with Crippen molar-refractivity contribution in [1.82, 2.24) is 5.32 Å². The van der Waals surface area contributed by atoms with Crippen molar-refractivity contribution in [2.45, 2.75) is 58.4 Å². The van der Waals surface area contributed by atoms with Crippen LogP contribution in [0.1, 0.15) is 56.2 Å². The van der Waals surface area contributed by atoms with Gasteiger partial charge in [-0.2, -0.15) is 0 Å². The maximum atomic E-state index is 13.3. The average molecular weight is 498 g/mol. The predicted molar refractivity (Wildman–Crippen MR) is 134 cm³/mol. The van der Waals surface area contributed by atoms with E-state index in [1.165, 1.54) is 21.1 Å². The van der Waals surface area contributed by atoms with Gasteiger partial charge in [-0.15, -0.1) is 0 Å². The third kappa shape index (κ3) is 9.17. The summed E-state index contributed by atoms with van der Waals surface area (Å²) in [5, 5.41) is 2.87. The summed E-state index contributed by atoms with van der Waals surface area (Å²) >= 11 is 0. The van der Waals surface area contributed by atoms with Crippen molar-refractivity contribution in [3.05, 3.63) is 65.2 Å². The molecule has 36 heavy (non-hydrogen) atoms. The Kier molecular flexibility index (Phi) is 11.1. The van der Waals surface area contributed by atoms with Gasteiger partial charge in [0.05, 0.1) is 20.1 Å². The minimum Gasteiger partial charge on any atom is -0.469 e. The minimum atomic E-state index is -0.863. The van der Waals surface area contributed by atoms with Gasteiger partial charge in [0, 0.05) is 19.8 Å². The number of esters is 3. The number of amides is 1. The Morgan fingerprint density at radius 3 is 2.00 bits per heavy atom. The molecule has 0 fully saturated rings. The van der Waals surface area contributed by atoms with E-state index in [1.807, 2.05) is 38.1 Å². The lowest BCUT2D eigenvalue weighted by molar-refractivity contribution is -0.145. The summed E-state index contributed by atoms with van der Waals surface area (Å²) in [6.45, 7) is 5.37. The van der Waals surface area contributed by atoms with Crippen LogP contribution in [-0.4, -0.2) is 44.1 Å². The monoisotopic (exact) mass is 497 g/mol. The fourth-order valence-electron chi connectivity index (χ4n) is 3.83. The topological polar surface area (TPSA) is 108 Å². The van der Waals surface area contributed by atoms with E-state index in [0.717, 1.165) is 16.7 Å². The molecule has 0 bridgehead atoms. The van der Waals surface area contributed by atoms with E-state index in [0.29, 0.717) is 18.6 Å². The fraction of sp³-hybridized carbons (Fsp3) is 0.429. The SMILES string of the molecule is COC(=O)CCc1ccc(C[C@H](NC(=O)C(CC(C)C)c2ccc(OC(C)=O)cc2)C(=O)OC)cc1. The lowest BCUT2D eigenvalue weighted by Gasteiger charge is -2.23. The lowest BCUT2D eigenvalue weighted by Crippen LogP contribution is -2.45. The Balaban J connectivity index is 2.15. The number of nitrogens with one attached hydrogen (secondary N) is 1. The van der Waals surface area contributed by atoms with Gasteiger partial charge in [0.1, 0.15) is 11.8 Å². The Morgan fingerprint density at radius 1 is 0.861 bits per heavy atom. The number of carbonyl (C=O) groups excluding carboxylic acids is 4. The standard InChI is InChI=1S/C28H35NO7/c1-18(2)16-24(22-11-13-23(14-12-22)36-19(3)30)27(32)29-25(28(33)35-5)17-21-8-6-20(7-9-21)10-15-26(31)34-4/h6-9,11-14,18,24-25H,10,15-17H2,1-5H3,(H,29,32)/t24?,25-/m0/s1.